The summed E-state index contributed by atoms with van der Waals surface area (Å²) >= 11 is 1.42. The van der Waals surface area contributed by atoms with E-state index in [1.54, 1.807) is 0 Å². The zero-order chi connectivity index (χ0) is 17.9. The number of aromatic nitrogens is 4. The quantitative estimate of drug-likeness (QED) is 0.525. The minimum Gasteiger partial charge on any atom is -0.338 e. The lowest BCUT2D eigenvalue weighted by atomic mass is 10.2. The fraction of sp³-hybridized carbons (Fsp3) is 0.158. The number of thioether (sulfide) groups is 1. The van der Waals surface area contributed by atoms with Crippen LogP contribution in [0.2, 0.25) is 0 Å². The molecule has 0 spiro atoms. The molecule has 0 bridgehead atoms. The van der Waals surface area contributed by atoms with Crippen LogP contribution in [0.5, 0.6) is 0 Å². The molecule has 0 aliphatic rings. The molecule has 0 radical (unpaired) electrons. The van der Waals surface area contributed by atoms with Crippen molar-refractivity contribution in [1.29, 1.82) is 0 Å². The number of hydrogen-bond donors (Lipinski definition) is 2. The van der Waals surface area contributed by atoms with Crippen molar-refractivity contribution in [2.45, 2.75) is 18.5 Å². The number of amides is 1. The van der Waals surface area contributed by atoms with Crippen molar-refractivity contribution >= 4 is 45.4 Å². The molecule has 130 valence electrons. The number of hydrogen-bond acceptors (Lipinski definition) is 5. The third-order valence-corrected chi connectivity index (χ3v) is 4.84. The van der Waals surface area contributed by atoms with E-state index in [-0.39, 0.29) is 5.91 Å². The molecular formula is C19H17N5OS. The second-order valence-corrected chi connectivity index (χ2v) is 7.04. The Morgan fingerprint density at radius 1 is 1.12 bits per heavy atom. The Bertz CT molecular complexity index is 1070. The smallest absolute Gasteiger partial charge is 0.225 e. The number of nitrogens with zero attached hydrogens (tertiary/aromatic N) is 3. The number of aromatic amines is 1. The topological polar surface area (TPSA) is 83.6 Å². The van der Waals surface area contributed by atoms with Gasteiger partial charge in [-0.1, -0.05) is 47.7 Å². The van der Waals surface area contributed by atoms with E-state index in [1.165, 1.54) is 11.8 Å². The van der Waals surface area contributed by atoms with Gasteiger partial charge in [-0.05, 0) is 25.1 Å². The fourth-order valence-corrected chi connectivity index (χ4v) is 3.39. The number of carbonyl (C=O) groups excluding carboxylic acids is 1. The zero-order valence-corrected chi connectivity index (χ0v) is 15.0. The molecule has 7 heteroatoms. The summed E-state index contributed by atoms with van der Waals surface area (Å²) in [5, 5.41) is 12.9. The van der Waals surface area contributed by atoms with Crippen LogP contribution in [0.25, 0.3) is 22.1 Å². The third kappa shape index (κ3) is 3.52. The number of carbonyl (C=O) groups is 1. The van der Waals surface area contributed by atoms with Crippen molar-refractivity contribution in [1.82, 2.24) is 20.2 Å². The van der Waals surface area contributed by atoms with Crippen molar-refractivity contribution in [3.63, 3.8) is 0 Å². The first-order chi connectivity index (χ1) is 12.7. The van der Waals surface area contributed by atoms with E-state index < -0.39 is 0 Å². The second kappa shape index (κ2) is 7.13. The van der Waals surface area contributed by atoms with Crippen molar-refractivity contribution < 1.29 is 4.79 Å². The summed E-state index contributed by atoms with van der Waals surface area (Å²) < 4.78 is 0. The standard InChI is InChI=1S/C19H17N5OS/c1-12-6-8-13(9-7-12)20-16(25)10-11-26-19-22-18-17(23-24-19)14-4-2-3-5-15(14)21-18/h2-9H,10-11H2,1H3,(H,20,25)(H,21,22,24). The van der Waals surface area contributed by atoms with E-state index in [1.807, 2.05) is 55.5 Å². The highest BCUT2D eigenvalue weighted by Crippen LogP contribution is 2.23. The molecule has 4 rings (SSSR count). The summed E-state index contributed by atoms with van der Waals surface area (Å²) in [5.41, 5.74) is 4.44. The molecule has 4 aromatic rings. The van der Waals surface area contributed by atoms with Crippen LogP contribution < -0.4 is 5.32 Å². The van der Waals surface area contributed by atoms with Gasteiger partial charge in [0.05, 0.1) is 0 Å². The van der Waals surface area contributed by atoms with Gasteiger partial charge in [0, 0.05) is 28.8 Å². The van der Waals surface area contributed by atoms with Crippen molar-refractivity contribution in [3.8, 4) is 0 Å². The summed E-state index contributed by atoms with van der Waals surface area (Å²) in [7, 11) is 0. The number of H-pyrrole nitrogens is 1. The van der Waals surface area contributed by atoms with Gasteiger partial charge in [0.1, 0.15) is 5.52 Å². The van der Waals surface area contributed by atoms with Gasteiger partial charge in [-0.25, -0.2) is 4.98 Å². The van der Waals surface area contributed by atoms with E-state index in [9.17, 15) is 4.79 Å². The predicted molar refractivity (Wildman–Crippen MR) is 104 cm³/mol. The number of benzene rings is 2. The Morgan fingerprint density at radius 2 is 1.92 bits per heavy atom. The molecule has 2 aromatic carbocycles. The summed E-state index contributed by atoms with van der Waals surface area (Å²) in [6.07, 6.45) is 0.382. The minimum atomic E-state index is -0.0268. The van der Waals surface area contributed by atoms with E-state index in [0.717, 1.165) is 27.7 Å². The van der Waals surface area contributed by atoms with Crippen LogP contribution in [0, 0.1) is 6.92 Å². The van der Waals surface area contributed by atoms with Crippen molar-refractivity contribution in [3.05, 3.63) is 54.1 Å². The monoisotopic (exact) mass is 363 g/mol. The number of fused-ring (bicyclic) bond motifs is 3. The van der Waals surface area contributed by atoms with Gasteiger partial charge in [-0.2, -0.15) is 0 Å². The molecule has 0 fully saturated rings. The Morgan fingerprint density at radius 3 is 2.77 bits per heavy atom. The summed E-state index contributed by atoms with van der Waals surface area (Å²) in [4.78, 5) is 19.8. The second-order valence-electron chi connectivity index (χ2n) is 5.97. The van der Waals surface area contributed by atoms with Gasteiger partial charge in [0.15, 0.2) is 5.65 Å². The Hall–Kier alpha value is -2.93. The van der Waals surface area contributed by atoms with Gasteiger partial charge < -0.3 is 10.3 Å². The fourth-order valence-electron chi connectivity index (χ4n) is 2.66. The van der Waals surface area contributed by atoms with E-state index in [4.69, 9.17) is 0 Å². The first kappa shape index (κ1) is 16.5. The highest BCUT2D eigenvalue weighted by molar-refractivity contribution is 7.99. The molecular weight excluding hydrogens is 346 g/mol. The molecule has 0 aliphatic carbocycles. The molecule has 1 amide bonds. The molecule has 26 heavy (non-hydrogen) atoms. The van der Waals surface area contributed by atoms with Crippen LogP contribution in [-0.4, -0.2) is 31.8 Å². The van der Waals surface area contributed by atoms with Crippen molar-refractivity contribution in [2.75, 3.05) is 11.1 Å². The SMILES string of the molecule is Cc1ccc(NC(=O)CCSc2nnc3c(n2)[nH]c2ccccc23)cc1. The molecule has 2 N–H and O–H groups in total. The van der Waals surface area contributed by atoms with Crippen LogP contribution >= 0.6 is 11.8 Å². The van der Waals surface area contributed by atoms with Gasteiger partial charge in [-0.3, -0.25) is 4.79 Å². The molecule has 2 aromatic heterocycles. The normalized spacial score (nSPS) is 11.1. The van der Waals surface area contributed by atoms with Crippen LogP contribution in [0.15, 0.2) is 53.7 Å². The highest BCUT2D eigenvalue weighted by atomic mass is 32.2. The number of rotatable bonds is 5. The molecule has 2 heterocycles. The number of anilines is 1. The lowest BCUT2D eigenvalue weighted by Crippen LogP contribution is -2.12. The average Bonchev–Trinajstić information content (AvgIpc) is 3.01. The Balaban J connectivity index is 1.37. The van der Waals surface area contributed by atoms with Gasteiger partial charge in [-0.15, -0.1) is 10.2 Å². The maximum Gasteiger partial charge on any atom is 0.225 e. The summed E-state index contributed by atoms with van der Waals surface area (Å²) in [5.74, 6) is 0.562. The lowest BCUT2D eigenvalue weighted by Gasteiger charge is -2.05. The largest absolute Gasteiger partial charge is 0.338 e. The van der Waals surface area contributed by atoms with E-state index in [0.29, 0.717) is 23.0 Å². The molecule has 0 saturated heterocycles. The Labute approximate surface area is 154 Å². The maximum atomic E-state index is 12.0. The maximum absolute atomic E-state index is 12.0. The molecule has 0 saturated carbocycles. The van der Waals surface area contributed by atoms with Gasteiger partial charge in [0.2, 0.25) is 11.1 Å². The van der Waals surface area contributed by atoms with Gasteiger partial charge >= 0.3 is 0 Å². The van der Waals surface area contributed by atoms with Crippen molar-refractivity contribution in [2.24, 2.45) is 0 Å². The molecule has 0 unspecified atom stereocenters. The predicted octanol–water partition coefficient (Wildman–Crippen LogP) is 3.94. The lowest BCUT2D eigenvalue weighted by molar-refractivity contribution is -0.115. The Kier molecular flexibility index (Phi) is 4.53. The molecule has 0 atom stereocenters. The average molecular weight is 363 g/mol. The molecule has 0 aliphatic heterocycles. The number of nitrogens with one attached hydrogen (secondary N) is 2. The first-order valence-electron chi connectivity index (χ1n) is 8.29. The number of para-hydroxylation sites is 1. The summed E-state index contributed by atoms with van der Waals surface area (Å²) in [6.45, 7) is 2.01. The van der Waals surface area contributed by atoms with Gasteiger partial charge in [0.25, 0.3) is 0 Å². The third-order valence-electron chi connectivity index (χ3n) is 4.00. The zero-order valence-electron chi connectivity index (χ0n) is 14.2. The minimum absolute atomic E-state index is 0.0268. The van der Waals surface area contributed by atoms with E-state index >= 15 is 0 Å². The number of aryl methyl sites for hydroxylation is 1. The molecule has 6 nitrogen and oxygen atoms in total. The first-order valence-corrected chi connectivity index (χ1v) is 9.28. The van der Waals surface area contributed by atoms with Crippen LogP contribution in [0.1, 0.15) is 12.0 Å². The van der Waals surface area contributed by atoms with Crippen LogP contribution in [0.3, 0.4) is 0 Å². The van der Waals surface area contributed by atoms with E-state index in [2.05, 4.69) is 25.5 Å². The van der Waals surface area contributed by atoms with Crippen LogP contribution in [-0.2, 0) is 4.79 Å². The highest BCUT2D eigenvalue weighted by Gasteiger charge is 2.10. The summed E-state index contributed by atoms with van der Waals surface area (Å²) in [6, 6.07) is 15.7. The van der Waals surface area contributed by atoms with Crippen LogP contribution in [0.4, 0.5) is 5.69 Å².